The highest BCUT2D eigenvalue weighted by atomic mass is 19.4. The van der Waals surface area contributed by atoms with E-state index in [9.17, 15) is 18.0 Å². The van der Waals surface area contributed by atoms with E-state index in [2.05, 4.69) is 10.6 Å². The number of ether oxygens (including phenoxy) is 1. The SMILES string of the molecule is COCC1(CNC(=O)c2cccc(C(F)(F)F)c2)CCCN1. The van der Waals surface area contributed by atoms with Crippen LogP contribution in [-0.2, 0) is 10.9 Å². The molecular weight excluding hydrogens is 297 g/mol. The van der Waals surface area contributed by atoms with Gasteiger partial charge < -0.3 is 15.4 Å². The maximum atomic E-state index is 12.7. The van der Waals surface area contributed by atoms with Crippen LogP contribution in [0.5, 0.6) is 0 Å². The van der Waals surface area contributed by atoms with E-state index in [1.807, 2.05) is 0 Å². The van der Waals surface area contributed by atoms with Crippen molar-refractivity contribution in [1.29, 1.82) is 0 Å². The molecule has 122 valence electrons. The Hall–Kier alpha value is -1.60. The summed E-state index contributed by atoms with van der Waals surface area (Å²) in [5.41, 5.74) is -1.17. The fraction of sp³-hybridized carbons (Fsp3) is 0.533. The minimum absolute atomic E-state index is 0.000360. The number of carbonyl (C=O) groups is 1. The van der Waals surface area contributed by atoms with Crippen molar-refractivity contribution in [2.24, 2.45) is 0 Å². The van der Waals surface area contributed by atoms with Crippen LogP contribution < -0.4 is 10.6 Å². The Labute approximate surface area is 127 Å². The van der Waals surface area contributed by atoms with Gasteiger partial charge in [-0.15, -0.1) is 0 Å². The molecular formula is C15H19F3N2O2. The van der Waals surface area contributed by atoms with Gasteiger partial charge in [-0.25, -0.2) is 0 Å². The highest BCUT2D eigenvalue weighted by Gasteiger charge is 2.34. The molecule has 1 heterocycles. The van der Waals surface area contributed by atoms with Gasteiger partial charge in [0.25, 0.3) is 5.91 Å². The molecule has 0 spiro atoms. The van der Waals surface area contributed by atoms with Crippen LogP contribution >= 0.6 is 0 Å². The molecule has 1 aromatic carbocycles. The van der Waals surface area contributed by atoms with Gasteiger partial charge >= 0.3 is 6.18 Å². The number of carbonyl (C=O) groups excluding carboxylic acids is 1. The Morgan fingerprint density at radius 2 is 2.23 bits per heavy atom. The number of hydrogen-bond acceptors (Lipinski definition) is 3. The number of amides is 1. The summed E-state index contributed by atoms with van der Waals surface area (Å²) in [6.45, 7) is 1.59. The Morgan fingerprint density at radius 1 is 1.45 bits per heavy atom. The molecule has 0 aromatic heterocycles. The molecule has 1 unspecified atom stereocenters. The number of halogens is 3. The second kappa shape index (κ2) is 6.66. The molecule has 1 amide bonds. The Balaban J connectivity index is 2.03. The number of alkyl halides is 3. The van der Waals surface area contributed by atoms with E-state index >= 15 is 0 Å². The van der Waals surface area contributed by atoms with Crippen LogP contribution in [0.25, 0.3) is 0 Å². The molecule has 22 heavy (non-hydrogen) atoms. The molecule has 1 saturated heterocycles. The third kappa shape index (κ3) is 3.98. The molecule has 0 aliphatic carbocycles. The zero-order valence-electron chi connectivity index (χ0n) is 12.3. The lowest BCUT2D eigenvalue weighted by Gasteiger charge is -2.29. The normalized spacial score (nSPS) is 21.8. The maximum Gasteiger partial charge on any atom is 0.416 e. The van der Waals surface area contributed by atoms with Crippen molar-refractivity contribution in [3.8, 4) is 0 Å². The predicted molar refractivity (Wildman–Crippen MR) is 75.6 cm³/mol. The van der Waals surface area contributed by atoms with E-state index in [1.165, 1.54) is 12.1 Å². The summed E-state index contributed by atoms with van der Waals surface area (Å²) < 4.78 is 43.2. The molecule has 1 aliphatic rings. The fourth-order valence-electron chi connectivity index (χ4n) is 2.66. The summed E-state index contributed by atoms with van der Waals surface area (Å²) in [5.74, 6) is -0.518. The minimum atomic E-state index is -4.46. The minimum Gasteiger partial charge on any atom is -0.383 e. The Kier molecular flexibility index (Phi) is 5.08. The average Bonchev–Trinajstić information content (AvgIpc) is 2.93. The molecule has 2 rings (SSSR count). The van der Waals surface area contributed by atoms with Gasteiger partial charge in [-0.3, -0.25) is 4.79 Å². The Morgan fingerprint density at radius 3 is 2.82 bits per heavy atom. The molecule has 2 N–H and O–H groups in total. The van der Waals surface area contributed by atoms with E-state index in [4.69, 9.17) is 4.74 Å². The van der Waals surface area contributed by atoms with Gasteiger partial charge in [0.05, 0.1) is 17.7 Å². The van der Waals surface area contributed by atoms with E-state index in [-0.39, 0.29) is 11.1 Å². The van der Waals surface area contributed by atoms with Crippen molar-refractivity contribution in [1.82, 2.24) is 10.6 Å². The van der Waals surface area contributed by atoms with Crippen LogP contribution in [0.2, 0.25) is 0 Å². The number of nitrogens with one attached hydrogen (secondary N) is 2. The molecule has 0 saturated carbocycles. The third-order valence-electron chi connectivity index (χ3n) is 3.79. The molecule has 0 radical (unpaired) electrons. The third-order valence-corrected chi connectivity index (χ3v) is 3.79. The van der Waals surface area contributed by atoms with E-state index in [0.717, 1.165) is 31.5 Å². The van der Waals surface area contributed by atoms with Crippen molar-refractivity contribution in [2.75, 3.05) is 26.8 Å². The van der Waals surface area contributed by atoms with Crippen LogP contribution in [0, 0.1) is 0 Å². The van der Waals surface area contributed by atoms with Gasteiger partial charge in [-0.05, 0) is 37.6 Å². The standard InChI is InChI=1S/C15H19F3N2O2/c1-22-10-14(6-3-7-20-14)9-19-13(21)11-4-2-5-12(8-11)15(16,17)18/h2,4-5,8,20H,3,6-7,9-10H2,1H3,(H,19,21). The smallest absolute Gasteiger partial charge is 0.383 e. The number of hydrogen-bond donors (Lipinski definition) is 2. The van der Waals surface area contributed by atoms with E-state index in [0.29, 0.717) is 13.2 Å². The highest BCUT2D eigenvalue weighted by molar-refractivity contribution is 5.94. The molecule has 0 bridgehead atoms. The predicted octanol–water partition coefficient (Wildman–Crippen LogP) is 2.20. The van der Waals surface area contributed by atoms with Gasteiger partial charge in [-0.1, -0.05) is 6.07 Å². The van der Waals surface area contributed by atoms with Crippen molar-refractivity contribution < 1.29 is 22.7 Å². The molecule has 1 aromatic rings. The monoisotopic (exact) mass is 316 g/mol. The van der Waals surface area contributed by atoms with Crippen molar-refractivity contribution in [3.63, 3.8) is 0 Å². The molecule has 1 atom stereocenters. The Bertz CT molecular complexity index is 526. The zero-order valence-corrected chi connectivity index (χ0v) is 12.3. The fourth-order valence-corrected chi connectivity index (χ4v) is 2.66. The summed E-state index contributed by atoms with van der Waals surface area (Å²) in [5, 5.41) is 5.99. The summed E-state index contributed by atoms with van der Waals surface area (Å²) in [6.07, 6.45) is -2.63. The van der Waals surface area contributed by atoms with Crippen molar-refractivity contribution >= 4 is 5.91 Å². The maximum absolute atomic E-state index is 12.7. The van der Waals surface area contributed by atoms with Crippen LogP contribution in [0.15, 0.2) is 24.3 Å². The number of rotatable bonds is 5. The van der Waals surface area contributed by atoms with Gasteiger partial charge in [0.15, 0.2) is 0 Å². The summed E-state index contributed by atoms with van der Waals surface area (Å²) in [6, 6.07) is 4.41. The topological polar surface area (TPSA) is 50.4 Å². The molecule has 1 aliphatic heterocycles. The van der Waals surface area contributed by atoms with Crippen molar-refractivity contribution in [2.45, 2.75) is 24.6 Å². The van der Waals surface area contributed by atoms with Crippen LogP contribution in [0.1, 0.15) is 28.8 Å². The molecule has 7 heteroatoms. The lowest BCUT2D eigenvalue weighted by atomic mass is 9.98. The summed E-state index contributed by atoms with van der Waals surface area (Å²) >= 11 is 0. The highest BCUT2D eigenvalue weighted by Crippen LogP contribution is 2.29. The van der Waals surface area contributed by atoms with E-state index < -0.39 is 17.6 Å². The first kappa shape index (κ1) is 16.8. The number of methoxy groups -OCH3 is 1. The summed E-state index contributed by atoms with van der Waals surface area (Å²) in [7, 11) is 1.58. The largest absolute Gasteiger partial charge is 0.416 e. The summed E-state index contributed by atoms with van der Waals surface area (Å²) in [4.78, 5) is 12.1. The zero-order chi connectivity index (χ0) is 16.2. The second-order valence-electron chi connectivity index (χ2n) is 5.50. The van der Waals surface area contributed by atoms with Crippen LogP contribution in [0.3, 0.4) is 0 Å². The molecule has 4 nitrogen and oxygen atoms in total. The van der Waals surface area contributed by atoms with E-state index in [1.54, 1.807) is 7.11 Å². The quantitative estimate of drug-likeness (QED) is 0.876. The number of benzene rings is 1. The van der Waals surface area contributed by atoms with Gasteiger partial charge in [0, 0.05) is 19.2 Å². The van der Waals surface area contributed by atoms with Gasteiger partial charge in [0.1, 0.15) is 0 Å². The van der Waals surface area contributed by atoms with Gasteiger partial charge in [0.2, 0.25) is 0 Å². The second-order valence-corrected chi connectivity index (χ2v) is 5.50. The first-order chi connectivity index (χ1) is 10.4. The van der Waals surface area contributed by atoms with Gasteiger partial charge in [-0.2, -0.15) is 13.2 Å². The average molecular weight is 316 g/mol. The van der Waals surface area contributed by atoms with Crippen molar-refractivity contribution in [3.05, 3.63) is 35.4 Å². The van der Waals surface area contributed by atoms with Crippen LogP contribution in [0.4, 0.5) is 13.2 Å². The lowest BCUT2D eigenvalue weighted by molar-refractivity contribution is -0.137. The first-order valence-electron chi connectivity index (χ1n) is 7.06. The molecule has 1 fully saturated rings. The first-order valence-corrected chi connectivity index (χ1v) is 7.06. The lowest BCUT2D eigenvalue weighted by Crippen LogP contribution is -2.53. The van der Waals surface area contributed by atoms with Crippen LogP contribution in [-0.4, -0.2) is 38.3 Å².